The zero-order valence-corrected chi connectivity index (χ0v) is 14.8. The number of hydrogen-bond acceptors (Lipinski definition) is 5. The first-order chi connectivity index (χ1) is 12.0. The van der Waals surface area contributed by atoms with E-state index in [-0.39, 0.29) is 24.3 Å². The molecule has 1 atom stereocenters. The molecular weight excluding hydrogens is 322 g/mol. The van der Waals surface area contributed by atoms with E-state index in [1.54, 1.807) is 30.0 Å². The number of hydrogen-bond donors (Lipinski definition) is 0. The van der Waals surface area contributed by atoms with Crippen molar-refractivity contribution in [2.45, 2.75) is 26.3 Å². The van der Waals surface area contributed by atoms with Crippen LogP contribution in [-0.4, -0.2) is 55.8 Å². The van der Waals surface area contributed by atoms with Crippen LogP contribution in [0, 0.1) is 0 Å². The minimum Gasteiger partial charge on any atom is -0.488 e. The summed E-state index contributed by atoms with van der Waals surface area (Å²) in [5.41, 5.74) is 1.34. The Morgan fingerprint density at radius 2 is 2.12 bits per heavy atom. The average Bonchev–Trinajstić information content (AvgIpc) is 2.60. The van der Waals surface area contributed by atoms with Crippen LogP contribution in [0.2, 0.25) is 0 Å². The third-order valence-electron chi connectivity index (χ3n) is 3.79. The Kier molecular flexibility index (Phi) is 7.01. The Morgan fingerprint density at radius 3 is 2.84 bits per heavy atom. The molecule has 0 radical (unpaired) electrons. The fraction of sp³-hybridized carbons (Fsp3) is 0.474. The minimum absolute atomic E-state index is 0.119. The molecule has 1 aliphatic heterocycles. The molecule has 1 heterocycles. The SMILES string of the molecule is C=C(C)COc1ccccc1C(=O)N1CCOC[C@H]1CC(=O)OCC. The van der Waals surface area contributed by atoms with Crippen molar-refractivity contribution in [2.75, 3.05) is 33.0 Å². The van der Waals surface area contributed by atoms with Gasteiger partial charge in [0.1, 0.15) is 12.4 Å². The van der Waals surface area contributed by atoms with Crippen molar-refractivity contribution in [3.63, 3.8) is 0 Å². The first-order valence-corrected chi connectivity index (χ1v) is 8.43. The summed E-state index contributed by atoms with van der Waals surface area (Å²) in [6.07, 6.45) is 0.119. The van der Waals surface area contributed by atoms with E-state index in [4.69, 9.17) is 14.2 Å². The number of nitrogens with zero attached hydrogens (tertiary/aromatic N) is 1. The predicted molar refractivity (Wildman–Crippen MR) is 93.6 cm³/mol. The van der Waals surface area contributed by atoms with Gasteiger partial charge >= 0.3 is 5.97 Å². The van der Waals surface area contributed by atoms with Crippen LogP contribution in [0.25, 0.3) is 0 Å². The molecule has 0 unspecified atom stereocenters. The fourth-order valence-corrected chi connectivity index (χ4v) is 2.63. The van der Waals surface area contributed by atoms with Crippen molar-refractivity contribution in [1.29, 1.82) is 0 Å². The van der Waals surface area contributed by atoms with E-state index in [0.29, 0.717) is 44.3 Å². The van der Waals surface area contributed by atoms with Crippen LogP contribution in [0.5, 0.6) is 5.75 Å². The topological polar surface area (TPSA) is 65.1 Å². The summed E-state index contributed by atoms with van der Waals surface area (Å²) in [6, 6.07) is 6.76. The van der Waals surface area contributed by atoms with E-state index in [0.717, 1.165) is 5.57 Å². The lowest BCUT2D eigenvalue weighted by atomic mass is 10.1. The van der Waals surface area contributed by atoms with Crippen LogP contribution in [0.3, 0.4) is 0 Å². The average molecular weight is 347 g/mol. The third kappa shape index (κ3) is 5.32. The first kappa shape index (κ1) is 19.0. The molecule has 1 fully saturated rings. The summed E-state index contributed by atoms with van der Waals surface area (Å²) in [5.74, 6) is 0.00871. The van der Waals surface area contributed by atoms with Gasteiger partial charge in [-0.25, -0.2) is 0 Å². The molecule has 0 aromatic heterocycles. The molecule has 1 aliphatic rings. The zero-order chi connectivity index (χ0) is 18.2. The Bertz CT molecular complexity index is 628. The Hall–Kier alpha value is -2.34. The lowest BCUT2D eigenvalue weighted by molar-refractivity contribution is -0.145. The molecule has 0 aliphatic carbocycles. The van der Waals surface area contributed by atoms with Gasteiger partial charge < -0.3 is 19.1 Å². The van der Waals surface area contributed by atoms with Crippen LogP contribution >= 0.6 is 0 Å². The monoisotopic (exact) mass is 347 g/mol. The van der Waals surface area contributed by atoms with Crippen molar-refractivity contribution in [2.24, 2.45) is 0 Å². The number of rotatable bonds is 7. The largest absolute Gasteiger partial charge is 0.488 e. The van der Waals surface area contributed by atoms with Gasteiger partial charge in [0.2, 0.25) is 0 Å². The molecule has 1 aromatic rings. The number of esters is 1. The van der Waals surface area contributed by atoms with Gasteiger partial charge in [-0.15, -0.1) is 0 Å². The number of ether oxygens (including phenoxy) is 3. The summed E-state index contributed by atoms with van der Waals surface area (Å²) >= 11 is 0. The molecule has 1 saturated heterocycles. The molecule has 2 rings (SSSR count). The smallest absolute Gasteiger partial charge is 0.307 e. The van der Waals surface area contributed by atoms with Crippen molar-refractivity contribution in [3.8, 4) is 5.75 Å². The molecule has 136 valence electrons. The molecule has 0 N–H and O–H groups in total. The minimum atomic E-state index is -0.338. The predicted octanol–water partition coefficient (Wildman–Crippen LogP) is 2.44. The molecule has 0 spiro atoms. The van der Waals surface area contributed by atoms with E-state index in [9.17, 15) is 9.59 Å². The van der Waals surface area contributed by atoms with Crippen LogP contribution in [0.4, 0.5) is 0 Å². The van der Waals surface area contributed by atoms with Crippen molar-refractivity contribution in [1.82, 2.24) is 4.90 Å². The van der Waals surface area contributed by atoms with E-state index in [1.165, 1.54) is 0 Å². The number of carbonyl (C=O) groups excluding carboxylic acids is 2. The lowest BCUT2D eigenvalue weighted by Crippen LogP contribution is -2.49. The van der Waals surface area contributed by atoms with Gasteiger partial charge in [-0.05, 0) is 31.6 Å². The number of amides is 1. The summed E-state index contributed by atoms with van der Waals surface area (Å²) in [6.45, 7) is 9.28. The Balaban J connectivity index is 2.16. The number of carbonyl (C=O) groups is 2. The molecule has 1 aromatic carbocycles. The van der Waals surface area contributed by atoms with Gasteiger partial charge in [0, 0.05) is 6.54 Å². The highest BCUT2D eigenvalue weighted by Gasteiger charge is 2.31. The molecule has 6 nitrogen and oxygen atoms in total. The lowest BCUT2D eigenvalue weighted by Gasteiger charge is -2.35. The van der Waals surface area contributed by atoms with Gasteiger partial charge in [0.15, 0.2) is 0 Å². The molecule has 6 heteroatoms. The number of morpholine rings is 1. The zero-order valence-electron chi connectivity index (χ0n) is 14.8. The highest BCUT2D eigenvalue weighted by atomic mass is 16.5. The van der Waals surface area contributed by atoms with Gasteiger partial charge in [-0.1, -0.05) is 18.7 Å². The van der Waals surface area contributed by atoms with Gasteiger partial charge in [-0.3, -0.25) is 9.59 Å². The molecule has 0 saturated carbocycles. The Morgan fingerprint density at radius 1 is 1.36 bits per heavy atom. The maximum Gasteiger partial charge on any atom is 0.307 e. The summed E-state index contributed by atoms with van der Waals surface area (Å²) in [4.78, 5) is 26.5. The van der Waals surface area contributed by atoms with Crippen molar-refractivity contribution >= 4 is 11.9 Å². The van der Waals surface area contributed by atoms with Crippen molar-refractivity contribution in [3.05, 3.63) is 42.0 Å². The molecule has 25 heavy (non-hydrogen) atoms. The maximum atomic E-state index is 13.0. The summed E-state index contributed by atoms with van der Waals surface area (Å²) in [5, 5.41) is 0. The highest BCUT2D eigenvalue weighted by molar-refractivity contribution is 5.97. The standard InChI is InChI=1S/C19H25NO5/c1-4-24-18(21)11-15-13-23-10-9-20(15)19(22)16-7-5-6-8-17(16)25-12-14(2)3/h5-8,15H,2,4,9-13H2,1,3H3/t15-/m1/s1. The Labute approximate surface area is 148 Å². The maximum absolute atomic E-state index is 13.0. The van der Waals surface area contributed by atoms with Gasteiger partial charge in [0.25, 0.3) is 5.91 Å². The van der Waals surface area contributed by atoms with Gasteiger partial charge in [0.05, 0.1) is 37.8 Å². The number of benzene rings is 1. The van der Waals surface area contributed by atoms with E-state index in [2.05, 4.69) is 6.58 Å². The second-order valence-corrected chi connectivity index (χ2v) is 5.98. The van der Waals surface area contributed by atoms with Crippen LogP contribution in [-0.2, 0) is 14.3 Å². The van der Waals surface area contributed by atoms with Gasteiger partial charge in [-0.2, -0.15) is 0 Å². The van der Waals surface area contributed by atoms with E-state index < -0.39 is 0 Å². The normalized spacial score (nSPS) is 17.0. The van der Waals surface area contributed by atoms with Crippen LogP contribution in [0.1, 0.15) is 30.6 Å². The fourth-order valence-electron chi connectivity index (χ4n) is 2.63. The second kappa shape index (κ2) is 9.22. The van der Waals surface area contributed by atoms with Crippen LogP contribution < -0.4 is 4.74 Å². The third-order valence-corrected chi connectivity index (χ3v) is 3.79. The molecule has 0 bridgehead atoms. The summed E-state index contributed by atoms with van der Waals surface area (Å²) in [7, 11) is 0. The first-order valence-electron chi connectivity index (χ1n) is 8.43. The summed E-state index contributed by atoms with van der Waals surface area (Å²) < 4.78 is 16.1. The van der Waals surface area contributed by atoms with Crippen LogP contribution in [0.15, 0.2) is 36.4 Å². The van der Waals surface area contributed by atoms with E-state index >= 15 is 0 Å². The molecule has 1 amide bonds. The highest BCUT2D eigenvalue weighted by Crippen LogP contribution is 2.23. The quantitative estimate of drug-likeness (QED) is 0.560. The molecular formula is C19H25NO5. The second-order valence-electron chi connectivity index (χ2n) is 5.98. The van der Waals surface area contributed by atoms with E-state index in [1.807, 2.05) is 13.0 Å². The number of para-hydroxylation sites is 1. The van der Waals surface area contributed by atoms with Crippen molar-refractivity contribution < 1.29 is 23.8 Å².